The highest BCUT2D eigenvalue weighted by molar-refractivity contribution is 7.99. The van der Waals surface area contributed by atoms with Gasteiger partial charge in [-0.05, 0) is 79.6 Å². The van der Waals surface area contributed by atoms with Gasteiger partial charge in [0.25, 0.3) is 0 Å². The Kier molecular flexibility index (Phi) is 12.2. The monoisotopic (exact) mass is 564 g/mol. The third kappa shape index (κ3) is 9.17. The van der Waals surface area contributed by atoms with Gasteiger partial charge in [-0.2, -0.15) is 0 Å². The van der Waals surface area contributed by atoms with E-state index in [-0.39, 0.29) is 0 Å². The zero-order valence-corrected chi connectivity index (χ0v) is 22.9. The average Bonchev–Trinajstić information content (AvgIpc) is 3.18. The lowest BCUT2D eigenvalue weighted by atomic mass is 9.91. The third-order valence-electron chi connectivity index (χ3n) is 6.89. The second-order valence-corrected chi connectivity index (χ2v) is 11.2. The standard InChI is InChI=1S/C24H31ClN2S.C4H6O6/c25-23-11-8-20-12-14-26-15-13-22(20)24(23)27-16-18-6-9-21(10-7-18)28-17-19-4-2-1-3-5-19;5-1(3(7)8)2(6)4(9)10/h6-11,19,26-27H,1-5,12-17H2;1-2,5-6H,(H,7,8)(H,9,10)/t;1-,2-/m.1/s1. The number of hydrogen-bond donors (Lipinski definition) is 6. The first-order valence-corrected chi connectivity index (χ1v) is 14.4. The van der Waals surface area contributed by atoms with Crippen LogP contribution in [0.2, 0.25) is 5.02 Å². The number of rotatable bonds is 9. The molecule has 1 saturated carbocycles. The smallest absolute Gasteiger partial charge is 0.335 e. The van der Waals surface area contributed by atoms with E-state index < -0.39 is 24.1 Å². The summed E-state index contributed by atoms with van der Waals surface area (Å²) in [4.78, 5) is 20.9. The fourth-order valence-electron chi connectivity index (χ4n) is 4.67. The van der Waals surface area contributed by atoms with Gasteiger partial charge in [-0.25, -0.2) is 9.59 Å². The van der Waals surface area contributed by atoms with Gasteiger partial charge in [-0.3, -0.25) is 0 Å². The van der Waals surface area contributed by atoms with E-state index in [0.717, 1.165) is 49.1 Å². The molecule has 208 valence electrons. The summed E-state index contributed by atoms with van der Waals surface area (Å²) in [5.74, 6) is -1.34. The molecule has 0 aromatic heterocycles. The van der Waals surface area contributed by atoms with Crippen LogP contribution in [-0.2, 0) is 29.0 Å². The van der Waals surface area contributed by atoms with Crippen LogP contribution < -0.4 is 10.6 Å². The Morgan fingerprint density at radius 1 is 0.947 bits per heavy atom. The molecular weight excluding hydrogens is 528 g/mol. The molecule has 1 aliphatic carbocycles. The van der Waals surface area contributed by atoms with Crippen LogP contribution in [0.1, 0.15) is 48.8 Å². The number of nitrogens with one attached hydrogen (secondary N) is 2. The van der Waals surface area contributed by atoms with E-state index in [2.05, 4.69) is 41.0 Å². The summed E-state index contributed by atoms with van der Waals surface area (Å²) in [6, 6.07) is 13.3. The Balaban J connectivity index is 0.000000342. The summed E-state index contributed by atoms with van der Waals surface area (Å²) in [6.45, 7) is 2.89. The number of aliphatic hydroxyl groups is 2. The molecular formula is C28H37ClN2O6S. The molecule has 0 saturated heterocycles. The van der Waals surface area contributed by atoms with E-state index in [1.54, 1.807) is 0 Å². The van der Waals surface area contributed by atoms with Gasteiger partial charge in [0.15, 0.2) is 12.2 Å². The van der Waals surface area contributed by atoms with Gasteiger partial charge in [0, 0.05) is 17.2 Å². The number of fused-ring (bicyclic) bond motifs is 1. The second kappa shape index (κ2) is 15.3. The number of aliphatic carboxylic acids is 2. The first-order valence-electron chi connectivity index (χ1n) is 13.0. The van der Waals surface area contributed by atoms with E-state index in [1.165, 1.54) is 59.4 Å². The summed E-state index contributed by atoms with van der Waals surface area (Å²) in [7, 11) is 0. The molecule has 6 N–H and O–H groups in total. The molecule has 2 aliphatic rings. The minimum absolute atomic E-state index is 0.817. The van der Waals surface area contributed by atoms with E-state index in [1.807, 2.05) is 17.8 Å². The number of carboxylic acid groups (broad SMARTS) is 2. The molecule has 0 unspecified atom stereocenters. The minimum atomic E-state index is -2.27. The van der Waals surface area contributed by atoms with Gasteiger partial charge < -0.3 is 31.1 Å². The van der Waals surface area contributed by atoms with Crippen LogP contribution in [-0.4, -0.2) is 63.4 Å². The summed E-state index contributed by atoms with van der Waals surface area (Å²) < 4.78 is 0. The number of carboxylic acids is 2. The Labute approximate surface area is 232 Å². The number of aliphatic hydroxyl groups excluding tert-OH is 2. The summed E-state index contributed by atoms with van der Waals surface area (Å²) >= 11 is 8.56. The second-order valence-electron chi connectivity index (χ2n) is 9.69. The van der Waals surface area contributed by atoms with Crippen molar-refractivity contribution in [1.29, 1.82) is 0 Å². The minimum Gasteiger partial charge on any atom is -0.479 e. The number of halogens is 1. The maximum Gasteiger partial charge on any atom is 0.335 e. The largest absolute Gasteiger partial charge is 0.479 e. The maximum absolute atomic E-state index is 9.77. The van der Waals surface area contributed by atoms with E-state index in [0.29, 0.717) is 0 Å². The number of hydrogen-bond acceptors (Lipinski definition) is 7. The molecule has 1 aliphatic heterocycles. The molecule has 0 radical (unpaired) electrons. The molecule has 0 bridgehead atoms. The number of thioether (sulfide) groups is 1. The highest BCUT2D eigenvalue weighted by Gasteiger charge is 2.29. The van der Waals surface area contributed by atoms with Gasteiger partial charge in [-0.15, -0.1) is 11.8 Å². The lowest BCUT2D eigenvalue weighted by molar-refractivity contribution is -0.165. The topological polar surface area (TPSA) is 139 Å². The molecule has 1 fully saturated rings. The molecule has 4 rings (SSSR count). The summed E-state index contributed by atoms with van der Waals surface area (Å²) in [5.41, 5.74) is 5.24. The lowest BCUT2D eigenvalue weighted by Crippen LogP contribution is -2.39. The van der Waals surface area contributed by atoms with Gasteiger partial charge in [0.1, 0.15) is 0 Å². The van der Waals surface area contributed by atoms with Crippen molar-refractivity contribution in [2.45, 2.75) is 68.6 Å². The Morgan fingerprint density at radius 2 is 1.58 bits per heavy atom. The van der Waals surface area contributed by atoms with Gasteiger partial charge in [0.05, 0.1) is 10.7 Å². The van der Waals surface area contributed by atoms with E-state index >= 15 is 0 Å². The molecule has 0 spiro atoms. The van der Waals surface area contributed by atoms with Crippen LogP contribution in [0.5, 0.6) is 0 Å². The maximum atomic E-state index is 9.77. The van der Waals surface area contributed by atoms with Crippen molar-refractivity contribution in [3.63, 3.8) is 0 Å². The van der Waals surface area contributed by atoms with Crippen LogP contribution in [0.25, 0.3) is 0 Å². The van der Waals surface area contributed by atoms with Crippen molar-refractivity contribution >= 4 is 41.0 Å². The average molecular weight is 565 g/mol. The molecule has 0 amide bonds. The van der Waals surface area contributed by atoms with Crippen LogP contribution >= 0.6 is 23.4 Å². The molecule has 38 heavy (non-hydrogen) atoms. The van der Waals surface area contributed by atoms with Gasteiger partial charge in [-0.1, -0.05) is 49.1 Å². The van der Waals surface area contributed by atoms with Crippen molar-refractivity contribution in [2.75, 3.05) is 24.2 Å². The third-order valence-corrected chi connectivity index (χ3v) is 8.45. The predicted octanol–water partition coefficient (Wildman–Crippen LogP) is 4.19. The molecule has 10 heteroatoms. The fourth-order valence-corrected chi connectivity index (χ4v) is 6.00. The van der Waals surface area contributed by atoms with Crippen LogP contribution in [0.4, 0.5) is 5.69 Å². The van der Waals surface area contributed by atoms with E-state index in [9.17, 15) is 9.59 Å². The number of benzene rings is 2. The number of carbonyl (C=O) groups is 2. The molecule has 2 atom stereocenters. The summed E-state index contributed by atoms with van der Waals surface area (Å²) in [5, 5.41) is 40.5. The zero-order valence-electron chi connectivity index (χ0n) is 21.4. The Morgan fingerprint density at radius 3 is 2.21 bits per heavy atom. The van der Waals surface area contributed by atoms with Crippen molar-refractivity contribution in [3.05, 3.63) is 58.1 Å². The van der Waals surface area contributed by atoms with Crippen LogP contribution in [0.15, 0.2) is 41.3 Å². The highest BCUT2D eigenvalue weighted by atomic mass is 35.5. The van der Waals surface area contributed by atoms with E-state index in [4.69, 9.17) is 32.0 Å². The van der Waals surface area contributed by atoms with Crippen molar-refractivity contribution in [3.8, 4) is 0 Å². The molecule has 2 aromatic rings. The number of anilines is 1. The van der Waals surface area contributed by atoms with Gasteiger partial charge >= 0.3 is 11.9 Å². The fraction of sp³-hybridized carbons (Fsp3) is 0.500. The normalized spacial score (nSPS) is 17.2. The van der Waals surface area contributed by atoms with Crippen LogP contribution in [0.3, 0.4) is 0 Å². The quantitative estimate of drug-likeness (QED) is 0.247. The zero-order chi connectivity index (χ0) is 27.5. The van der Waals surface area contributed by atoms with Crippen molar-refractivity contribution in [2.24, 2.45) is 5.92 Å². The molecule has 1 heterocycles. The molecule has 8 nitrogen and oxygen atoms in total. The first-order chi connectivity index (χ1) is 18.3. The Hall–Kier alpha value is -2.30. The highest BCUT2D eigenvalue weighted by Crippen LogP contribution is 2.32. The molecule has 2 aromatic carbocycles. The predicted molar refractivity (Wildman–Crippen MR) is 150 cm³/mol. The summed E-state index contributed by atoms with van der Waals surface area (Å²) in [6.07, 6.45) is 4.72. The first kappa shape index (κ1) is 30.2. The SMILES string of the molecule is Clc1ccc2c(c1NCc1ccc(SCC3CCCCC3)cc1)CCNCC2.O=C(O)[C@H](O)[C@@H](O)C(=O)O. The lowest BCUT2D eigenvalue weighted by Gasteiger charge is -2.21. The Bertz CT molecular complexity index is 1040. The van der Waals surface area contributed by atoms with Crippen molar-refractivity contribution in [1.82, 2.24) is 5.32 Å². The van der Waals surface area contributed by atoms with Crippen LogP contribution in [0, 0.1) is 5.92 Å². The van der Waals surface area contributed by atoms with Gasteiger partial charge in [0.2, 0.25) is 0 Å². The van der Waals surface area contributed by atoms with Crippen molar-refractivity contribution < 1.29 is 30.0 Å².